The van der Waals surface area contributed by atoms with E-state index >= 15 is 0 Å². The molecule has 1 unspecified atom stereocenters. The number of aliphatic imine (C=N–C) groups is 1. The normalized spacial score (nSPS) is 20.7. The van der Waals surface area contributed by atoms with Gasteiger partial charge in [-0.25, -0.2) is 4.99 Å². The Morgan fingerprint density at radius 3 is 2.93 bits per heavy atom. The average Bonchev–Trinajstić information content (AvgIpc) is 3.46. The lowest BCUT2D eigenvalue weighted by molar-refractivity contribution is -0.110. The van der Waals surface area contributed by atoms with Crippen LogP contribution in [-0.2, 0) is 11.8 Å². The summed E-state index contributed by atoms with van der Waals surface area (Å²) in [5.74, 6) is 0.833. The number of carbonyl (C=O) groups is 2. The van der Waals surface area contributed by atoms with Crippen LogP contribution < -0.4 is 10.7 Å². The summed E-state index contributed by atoms with van der Waals surface area (Å²) in [6.45, 7) is 1.67. The number of allylic oxidation sites excluding steroid dienone is 2. The number of likely N-dealkylation sites (tertiary alicyclic amines) is 1. The molecule has 3 aliphatic heterocycles. The van der Waals surface area contributed by atoms with E-state index in [2.05, 4.69) is 33.9 Å². The number of hydrazine groups is 1. The Morgan fingerprint density at radius 2 is 2.14 bits per heavy atom. The molecule has 4 heterocycles. The van der Waals surface area contributed by atoms with Gasteiger partial charge in [-0.3, -0.25) is 14.6 Å². The number of aromatic nitrogens is 1. The molecule has 0 saturated carbocycles. The molecule has 1 aromatic heterocycles. The van der Waals surface area contributed by atoms with Gasteiger partial charge in [-0.2, -0.15) is 5.43 Å². The molecule has 0 radical (unpaired) electrons. The maximum absolute atomic E-state index is 13.0. The summed E-state index contributed by atoms with van der Waals surface area (Å²) >= 11 is 0. The summed E-state index contributed by atoms with van der Waals surface area (Å²) < 4.78 is 2.01. The van der Waals surface area contributed by atoms with Crippen molar-refractivity contribution in [3.05, 3.63) is 53.9 Å². The van der Waals surface area contributed by atoms with Gasteiger partial charge in [0, 0.05) is 43.4 Å². The first-order valence-corrected chi connectivity index (χ1v) is 9.75. The molecular weight excluding hydrogens is 368 g/mol. The number of aryl methyl sites for hydroxylation is 1. The lowest BCUT2D eigenvalue weighted by Crippen LogP contribution is -2.43. The number of amides is 2. The lowest BCUT2D eigenvalue weighted by atomic mass is 10.0. The van der Waals surface area contributed by atoms with Gasteiger partial charge in [0.1, 0.15) is 5.84 Å². The van der Waals surface area contributed by atoms with Crippen LogP contribution >= 0.6 is 0 Å². The Hall–Kier alpha value is -3.39. The molecule has 1 fully saturated rings. The Labute approximate surface area is 168 Å². The van der Waals surface area contributed by atoms with Crippen molar-refractivity contribution in [1.29, 1.82) is 0 Å². The molecule has 2 amide bonds. The minimum Gasteiger partial charge on any atom is -0.350 e. The summed E-state index contributed by atoms with van der Waals surface area (Å²) in [6, 6.07) is 6.19. The van der Waals surface area contributed by atoms with E-state index < -0.39 is 6.29 Å². The Bertz CT molecular complexity index is 1090. The standard InChI is InChI=1S/C21H22N6O2/c1-25-12-17(20(29)26-7-2-3-8-26)16-10-14(4-5-18(16)25)15-6-9-27-19(11-15)23-21(24-27)22-13-28/h4-6,9-13,21,24H,2-3,7-8H2,1H3,(H,22,28). The first-order valence-electron chi connectivity index (χ1n) is 9.75. The molecule has 148 valence electrons. The summed E-state index contributed by atoms with van der Waals surface area (Å²) in [5, 5.41) is 5.34. The lowest BCUT2D eigenvalue weighted by Gasteiger charge is -2.19. The van der Waals surface area contributed by atoms with E-state index in [1.807, 2.05) is 41.1 Å². The number of nitrogens with zero attached hydrogens (tertiary/aromatic N) is 4. The van der Waals surface area contributed by atoms with Crippen LogP contribution in [0.5, 0.6) is 0 Å². The van der Waals surface area contributed by atoms with Gasteiger partial charge in [0.05, 0.1) is 5.56 Å². The number of hydrogen-bond donors (Lipinski definition) is 2. The summed E-state index contributed by atoms with van der Waals surface area (Å²) in [7, 11) is 1.97. The highest BCUT2D eigenvalue weighted by atomic mass is 16.2. The van der Waals surface area contributed by atoms with E-state index in [4.69, 9.17) is 0 Å². The van der Waals surface area contributed by atoms with Gasteiger partial charge in [-0.1, -0.05) is 6.07 Å². The minimum absolute atomic E-state index is 0.108. The van der Waals surface area contributed by atoms with Gasteiger partial charge in [0.2, 0.25) is 6.41 Å². The molecule has 0 aliphatic carbocycles. The molecule has 1 aromatic carbocycles. The SMILES string of the molecule is Cn1cc(C(=O)N2CCCC2)c2cc(C3=CC4=NC(NC=O)NN4C=C3)ccc21. The van der Waals surface area contributed by atoms with E-state index in [-0.39, 0.29) is 5.91 Å². The van der Waals surface area contributed by atoms with Gasteiger partial charge >= 0.3 is 0 Å². The van der Waals surface area contributed by atoms with Crippen LogP contribution in [0.15, 0.2) is 47.7 Å². The molecule has 8 heteroatoms. The van der Waals surface area contributed by atoms with E-state index in [1.165, 1.54) is 0 Å². The molecule has 1 atom stereocenters. The third-order valence-corrected chi connectivity index (χ3v) is 5.63. The van der Waals surface area contributed by atoms with Crippen molar-refractivity contribution in [2.24, 2.45) is 12.0 Å². The Kier molecular flexibility index (Phi) is 4.21. The number of hydrogen-bond acceptors (Lipinski definition) is 5. The van der Waals surface area contributed by atoms with E-state index in [9.17, 15) is 9.59 Å². The van der Waals surface area contributed by atoms with Crippen LogP contribution in [0.3, 0.4) is 0 Å². The fourth-order valence-electron chi connectivity index (χ4n) is 4.14. The van der Waals surface area contributed by atoms with Crippen LogP contribution in [0, 0.1) is 0 Å². The number of carbonyl (C=O) groups excluding carboxylic acids is 2. The summed E-state index contributed by atoms with van der Waals surface area (Å²) in [5.41, 5.74) is 6.86. The first-order chi connectivity index (χ1) is 14.1. The molecule has 2 N–H and O–H groups in total. The third-order valence-electron chi connectivity index (χ3n) is 5.63. The quantitative estimate of drug-likeness (QED) is 0.777. The van der Waals surface area contributed by atoms with Gasteiger partial charge < -0.3 is 14.8 Å². The molecule has 0 bridgehead atoms. The third kappa shape index (κ3) is 3.01. The highest BCUT2D eigenvalue weighted by molar-refractivity contribution is 6.09. The van der Waals surface area contributed by atoms with E-state index in [0.717, 1.165) is 59.4 Å². The molecule has 1 saturated heterocycles. The van der Waals surface area contributed by atoms with Crippen molar-refractivity contribution in [2.75, 3.05) is 13.1 Å². The van der Waals surface area contributed by atoms with Crippen LogP contribution in [0.1, 0.15) is 28.8 Å². The highest BCUT2D eigenvalue weighted by Crippen LogP contribution is 2.29. The number of benzene rings is 1. The monoisotopic (exact) mass is 390 g/mol. The van der Waals surface area contributed by atoms with Gasteiger partial charge in [0.25, 0.3) is 5.91 Å². The molecule has 29 heavy (non-hydrogen) atoms. The highest BCUT2D eigenvalue weighted by Gasteiger charge is 2.25. The topological polar surface area (TPSA) is 82.0 Å². The molecular formula is C21H22N6O2. The first kappa shape index (κ1) is 17.7. The second kappa shape index (κ2) is 6.89. The van der Waals surface area contributed by atoms with Crippen molar-refractivity contribution in [1.82, 2.24) is 25.2 Å². The fraction of sp³-hybridized carbons (Fsp3) is 0.286. The molecule has 8 nitrogen and oxygen atoms in total. The Balaban J connectivity index is 1.51. The van der Waals surface area contributed by atoms with Crippen molar-refractivity contribution in [3.63, 3.8) is 0 Å². The second-order valence-corrected chi connectivity index (χ2v) is 7.47. The largest absolute Gasteiger partial charge is 0.350 e. The zero-order valence-electron chi connectivity index (χ0n) is 16.1. The Morgan fingerprint density at radius 1 is 1.31 bits per heavy atom. The van der Waals surface area contributed by atoms with Crippen LogP contribution in [-0.4, -0.2) is 52.0 Å². The summed E-state index contributed by atoms with van der Waals surface area (Å²) in [6.07, 6.45) is 10.1. The van der Waals surface area contributed by atoms with Gasteiger partial charge in [-0.05, 0) is 48.3 Å². The minimum atomic E-state index is -0.468. The maximum Gasteiger partial charge on any atom is 0.256 e. The van der Waals surface area contributed by atoms with E-state index in [1.54, 1.807) is 5.01 Å². The van der Waals surface area contributed by atoms with Gasteiger partial charge in [0.15, 0.2) is 6.29 Å². The zero-order chi connectivity index (χ0) is 20.0. The zero-order valence-corrected chi connectivity index (χ0v) is 16.1. The van der Waals surface area contributed by atoms with E-state index in [0.29, 0.717) is 6.41 Å². The molecule has 0 spiro atoms. The van der Waals surface area contributed by atoms with Crippen molar-refractivity contribution in [3.8, 4) is 0 Å². The van der Waals surface area contributed by atoms with Gasteiger partial charge in [-0.15, -0.1) is 0 Å². The predicted octanol–water partition coefficient (Wildman–Crippen LogP) is 1.57. The number of fused-ring (bicyclic) bond motifs is 2. The molecule has 3 aliphatic rings. The average molecular weight is 390 g/mol. The number of rotatable bonds is 4. The van der Waals surface area contributed by atoms with Crippen LogP contribution in [0.4, 0.5) is 0 Å². The van der Waals surface area contributed by atoms with Crippen molar-refractivity contribution in [2.45, 2.75) is 19.1 Å². The molecule has 5 rings (SSSR count). The van der Waals surface area contributed by atoms with Crippen LogP contribution in [0.25, 0.3) is 16.5 Å². The van der Waals surface area contributed by atoms with Crippen molar-refractivity contribution >= 4 is 34.6 Å². The van der Waals surface area contributed by atoms with Crippen molar-refractivity contribution < 1.29 is 9.59 Å². The predicted molar refractivity (Wildman–Crippen MR) is 111 cm³/mol. The number of nitrogens with one attached hydrogen (secondary N) is 2. The molecule has 2 aromatic rings. The smallest absolute Gasteiger partial charge is 0.256 e. The fourth-order valence-corrected chi connectivity index (χ4v) is 4.14. The second-order valence-electron chi connectivity index (χ2n) is 7.47. The maximum atomic E-state index is 13.0. The van der Waals surface area contributed by atoms with Crippen LogP contribution in [0.2, 0.25) is 0 Å². The number of amidine groups is 1. The summed E-state index contributed by atoms with van der Waals surface area (Å²) in [4.78, 5) is 30.1.